The van der Waals surface area contributed by atoms with Crippen LogP contribution >= 0.6 is 11.8 Å². The normalized spacial score (nSPS) is 10.4. The molecule has 0 fully saturated rings. The van der Waals surface area contributed by atoms with Crippen molar-refractivity contribution in [3.8, 4) is 0 Å². The standard InChI is InChI=1S/C11H10FN5O3S/c1-16-6-13-15-11(16)21-5-10(18)14-9-4-7(17(19)20)2-3-8(9)12/h2-4,6H,5H2,1H3,(H,14,18). The molecule has 110 valence electrons. The third-order valence-electron chi connectivity index (χ3n) is 2.44. The van der Waals surface area contributed by atoms with Crippen molar-refractivity contribution in [2.45, 2.75) is 5.16 Å². The molecule has 0 saturated heterocycles. The minimum absolute atomic E-state index is 0.0192. The molecule has 1 aromatic carbocycles. The van der Waals surface area contributed by atoms with Gasteiger partial charge in [0.1, 0.15) is 12.1 Å². The molecule has 0 unspecified atom stereocenters. The van der Waals surface area contributed by atoms with Crippen molar-refractivity contribution in [2.75, 3.05) is 11.1 Å². The van der Waals surface area contributed by atoms with Gasteiger partial charge >= 0.3 is 0 Å². The van der Waals surface area contributed by atoms with E-state index in [1.165, 1.54) is 6.33 Å². The van der Waals surface area contributed by atoms with E-state index >= 15 is 0 Å². The molecule has 0 bridgehead atoms. The van der Waals surface area contributed by atoms with Crippen LogP contribution in [0.5, 0.6) is 0 Å². The van der Waals surface area contributed by atoms with Crippen molar-refractivity contribution in [1.82, 2.24) is 14.8 Å². The van der Waals surface area contributed by atoms with Gasteiger partial charge in [0.15, 0.2) is 5.16 Å². The third-order valence-corrected chi connectivity index (χ3v) is 3.47. The number of nitrogens with one attached hydrogen (secondary N) is 1. The Hall–Kier alpha value is -2.49. The molecule has 1 aromatic heterocycles. The van der Waals surface area contributed by atoms with Gasteiger partial charge in [-0.2, -0.15) is 0 Å². The van der Waals surface area contributed by atoms with Crippen LogP contribution in [-0.4, -0.2) is 31.3 Å². The Morgan fingerprint density at radius 1 is 1.57 bits per heavy atom. The second-order valence-electron chi connectivity index (χ2n) is 3.98. The number of hydrogen-bond donors (Lipinski definition) is 1. The smallest absolute Gasteiger partial charge is 0.271 e. The van der Waals surface area contributed by atoms with E-state index in [4.69, 9.17) is 0 Å². The van der Waals surface area contributed by atoms with E-state index in [9.17, 15) is 19.3 Å². The van der Waals surface area contributed by atoms with Gasteiger partial charge in [-0.15, -0.1) is 10.2 Å². The Morgan fingerprint density at radius 3 is 2.95 bits per heavy atom. The Bertz CT molecular complexity index is 690. The molecule has 1 N–H and O–H groups in total. The van der Waals surface area contributed by atoms with E-state index in [1.54, 1.807) is 11.6 Å². The lowest BCUT2D eigenvalue weighted by molar-refractivity contribution is -0.384. The molecule has 1 heterocycles. The summed E-state index contributed by atoms with van der Waals surface area (Å²) >= 11 is 1.12. The highest BCUT2D eigenvalue weighted by atomic mass is 32.2. The summed E-state index contributed by atoms with van der Waals surface area (Å²) in [4.78, 5) is 21.7. The number of aryl methyl sites for hydroxylation is 1. The van der Waals surface area contributed by atoms with Gasteiger partial charge in [0, 0.05) is 19.2 Å². The summed E-state index contributed by atoms with van der Waals surface area (Å²) in [6, 6.07) is 2.93. The quantitative estimate of drug-likeness (QED) is 0.511. The molecule has 0 aliphatic heterocycles. The number of benzene rings is 1. The number of aromatic nitrogens is 3. The number of hydrogen-bond acceptors (Lipinski definition) is 6. The minimum atomic E-state index is -0.738. The summed E-state index contributed by atoms with van der Waals surface area (Å²) in [7, 11) is 1.72. The van der Waals surface area contributed by atoms with Crippen LogP contribution in [0.2, 0.25) is 0 Å². The molecule has 2 rings (SSSR count). The van der Waals surface area contributed by atoms with Gasteiger partial charge in [0.2, 0.25) is 5.91 Å². The van der Waals surface area contributed by atoms with Gasteiger partial charge in [-0.25, -0.2) is 4.39 Å². The SMILES string of the molecule is Cn1cnnc1SCC(=O)Nc1cc([N+](=O)[O-])ccc1F. The highest BCUT2D eigenvalue weighted by molar-refractivity contribution is 7.99. The first-order chi connectivity index (χ1) is 9.97. The fourth-order valence-corrected chi connectivity index (χ4v) is 2.13. The van der Waals surface area contributed by atoms with Gasteiger partial charge in [0.25, 0.3) is 5.69 Å². The monoisotopic (exact) mass is 311 g/mol. The number of thioether (sulfide) groups is 1. The number of nitrogens with zero attached hydrogens (tertiary/aromatic N) is 4. The third kappa shape index (κ3) is 3.75. The maximum absolute atomic E-state index is 13.5. The molecular weight excluding hydrogens is 301 g/mol. The Labute approximate surface area is 122 Å². The zero-order valence-corrected chi connectivity index (χ0v) is 11.6. The number of amides is 1. The van der Waals surface area contributed by atoms with Crippen LogP contribution in [0.3, 0.4) is 0 Å². The van der Waals surface area contributed by atoms with Crippen LogP contribution in [0.1, 0.15) is 0 Å². The number of carbonyl (C=O) groups is 1. The first-order valence-corrected chi connectivity index (χ1v) is 6.66. The summed E-state index contributed by atoms with van der Waals surface area (Å²) in [5.41, 5.74) is -0.527. The van der Waals surface area contributed by atoms with E-state index in [0.717, 1.165) is 30.0 Å². The topological polar surface area (TPSA) is 103 Å². The fourth-order valence-electron chi connectivity index (χ4n) is 1.44. The number of non-ortho nitro benzene ring substituents is 1. The van der Waals surface area contributed by atoms with Crippen molar-refractivity contribution in [3.05, 3.63) is 40.5 Å². The fraction of sp³-hybridized carbons (Fsp3) is 0.182. The van der Waals surface area contributed by atoms with E-state index in [2.05, 4.69) is 15.5 Å². The molecule has 8 nitrogen and oxygen atoms in total. The number of nitro groups is 1. The molecule has 0 aliphatic carbocycles. The number of rotatable bonds is 5. The van der Waals surface area contributed by atoms with E-state index in [-0.39, 0.29) is 17.1 Å². The molecule has 0 saturated carbocycles. The molecular formula is C11H10FN5O3S. The Balaban J connectivity index is 2.01. The first-order valence-electron chi connectivity index (χ1n) is 5.68. The number of carbonyl (C=O) groups excluding carboxylic acids is 1. The van der Waals surface area contributed by atoms with Gasteiger partial charge in [-0.1, -0.05) is 11.8 Å². The van der Waals surface area contributed by atoms with Crippen LogP contribution < -0.4 is 5.32 Å². The summed E-state index contributed by atoms with van der Waals surface area (Å²) in [6.07, 6.45) is 1.49. The molecule has 10 heteroatoms. The molecule has 0 atom stereocenters. The highest BCUT2D eigenvalue weighted by Gasteiger charge is 2.14. The zero-order chi connectivity index (χ0) is 15.4. The number of halogens is 1. The van der Waals surface area contributed by atoms with Crippen LogP contribution in [0.4, 0.5) is 15.8 Å². The zero-order valence-electron chi connectivity index (χ0n) is 10.8. The Morgan fingerprint density at radius 2 is 2.33 bits per heavy atom. The second-order valence-corrected chi connectivity index (χ2v) is 4.93. The van der Waals surface area contributed by atoms with Crippen molar-refractivity contribution < 1.29 is 14.1 Å². The summed E-state index contributed by atoms with van der Waals surface area (Å²) in [5.74, 6) is -1.26. The maximum Gasteiger partial charge on any atom is 0.271 e. The van der Waals surface area contributed by atoms with Crippen molar-refractivity contribution in [3.63, 3.8) is 0 Å². The van der Waals surface area contributed by atoms with Gasteiger partial charge in [-0.3, -0.25) is 14.9 Å². The second kappa shape index (κ2) is 6.31. The van der Waals surface area contributed by atoms with E-state index in [1.807, 2.05) is 0 Å². The summed E-state index contributed by atoms with van der Waals surface area (Å²) in [5, 5.41) is 20.9. The van der Waals surface area contributed by atoms with Crippen molar-refractivity contribution >= 4 is 29.0 Å². The largest absolute Gasteiger partial charge is 0.323 e. The van der Waals surface area contributed by atoms with E-state index in [0.29, 0.717) is 5.16 Å². The minimum Gasteiger partial charge on any atom is -0.323 e. The predicted octanol–water partition coefficient (Wildman–Crippen LogP) is 1.59. The van der Waals surface area contributed by atoms with Crippen LogP contribution in [0.15, 0.2) is 29.7 Å². The summed E-state index contributed by atoms with van der Waals surface area (Å²) in [6.45, 7) is 0. The predicted molar refractivity (Wildman–Crippen MR) is 73.4 cm³/mol. The van der Waals surface area contributed by atoms with Crippen molar-refractivity contribution in [1.29, 1.82) is 0 Å². The van der Waals surface area contributed by atoms with E-state index < -0.39 is 16.6 Å². The molecule has 0 spiro atoms. The molecule has 0 radical (unpaired) electrons. The molecule has 21 heavy (non-hydrogen) atoms. The van der Waals surface area contributed by atoms with Crippen LogP contribution in [-0.2, 0) is 11.8 Å². The molecule has 0 aliphatic rings. The van der Waals surface area contributed by atoms with Gasteiger partial charge < -0.3 is 9.88 Å². The van der Waals surface area contributed by atoms with Crippen LogP contribution in [0.25, 0.3) is 0 Å². The van der Waals surface area contributed by atoms with Crippen molar-refractivity contribution in [2.24, 2.45) is 7.05 Å². The lowest BCUT2D eigenvalue weighted by Crippen LogP contribution is -2.15. The lowest BCUT2D eigenvalue weighted by Gasteiger charge is -2.06. The van der Waals surface area contributed by atoms with Gasteiger partial charge in [-0.05, 0) is 6.07 Å². The average molecular weight is 311 g/mol. The Kier molecular flexibility index (Phi) is 4.48. The lowest BCUT2D eigenvalue weighted by atomic mass is 10.2. The summed E-state index contributed by atoms with van der Waals surface area (Å²) < 4.78 is 15.1. The number of anilines is 1. The molecule has 2 aromatic rings. The van der Waals surface area contributed by atoms with Crippen LogP contribution in [0, 0.1) is 15.9 Å². The highest BCUT2D eigenvalue weighted by Crippen LogP contribution is 2.22. The maximum atomic E-state index is 13.5. The first kappa shape index (κ1) is 14.9. The average Bonchev–Trinajstić information content (AvgIpc) is 2.84. The number of nitro benzene ring substituents is 1. The van der Waals surface area contributed by atoms with Gasteiger partial charge in [0.05, 0.1) is 16.4 Å². The molecule has 1 amide bonds.